The lowest BCUT2D eigenvalue weighted by Crippen LogP contribution is -2.51. The number of hydrogen-bond donors (Lipinski definition) is 2. The largest absolute Gasteiger partial charge is 0.348 e. The van der Waals surface area contributed by atoms with E-state index in [9.17, 15) is 18.0 Å². The molecule has 1 aromatic rings. The van der Waals surface area contributed by atoms with E-state index in [2.05, 4.69) is 10.6 Å². The van der Waals surface area contributed by atoms with Gasteiger partial charge in [-0.2, -0.15) is 0 Å². The number of nitrogens with one attached hydrogen (secondary N) is 2. The average molecular weight is 388 g/mol. The summed E-state index contributed by atoms with van der Waals surface area (Å²) in [4.78, 5) is 24.5. The summed E-state index contributed by atoms with van der Waals surface area (Å²) in [7, 11) is -3.85. The zero-order chi connectivity index (χ0) is 17.5. The van der Waals surface area contributed by atoms with Crippen molar-refractivity contribution >= 4 is 34.2 Å². The molecule has 2 aliphatic rings. The SMILES string of the molecule is CCN1C(=O)c2ccc(C(=O)NC3CCCNC3C)cc2S1(=O)=O.Cl. The highest BCUT2D eigenvalue weighted by Gasteiger charge is 2.40. The van der Waals surface area contributed by atoms with Gasteiger partial charge in [0.05, 0.1) is 5.56 Å². The van der Waals surface area contributed by atoms with Crippen molar-refractivity contribution in [2.24, 2.45) is 0 Å². The Bertz CT molecular complexity index is 797. The first kappa shape index (κ1) is 19.7. The van der Waals surface area contributed by atoms with Crippen LogP contribution in [0.4, 0.5) is 0 Å². The Morgan fingerprint density at radius 3 is 2.76 bits per heavy atom. The molecule has 0 aliphatic carbocycles. The number of amides is 2. The quantitative estimate of drug-likeness (QED) is 0.810. The highest BCUT2D eigenvalue weighted by Crippen LogP contribution is 2.30. The van der Waals surface area contributed by atoms with Crippen LogP contribution < -0.4 is 10.6 Å². The normalized spacial score (nSPS) is 24.4. The van der Waals surface area contributed by atoms with Crippen molar-refractivity contribution in [1.82, 2.24) is 14.9 Å². The van der Waals surface area contributed by atoms with E-state index >= 15 is 0 Å². The van der Waals surface area contributed by atoms with Crippen LogP contribution in [-0.4, -0.2) is 49.7 Å². The van der Waals surface area contributed by atoms with Crippen LogP contribution in [0.25, 0.3) is 0 Å². The second-order valence-electron chi connectivity index (χ2n) is 6.15. The van der Waals surface area contributed by atoms with E-state index in [1.54, 1.807) is 6.92 Å². The Balaban J connectivity index is 0.00000225. The topological polar surface area (TPSA) is 95.6 Å². The van der Waals surface area contributed by atoms with E-state index < -0.39 is 15.9 Å². The number of nitrogens with zero attached hydrogens (tertiary/aromatic N) is 1. The first-order valence-corrected chi connectivity index (χ1v) is 9.55. The molecule has 2 heterocycles. The molecule has 0 spiro atoms. The molecule has 2 amide bonds. The number of piperidine rings is 1. The van der Waals surface area contributed by atoms with E-state index in [0.29, 0.717) is 0 Å². The van der Waals surface area contributed by atoms with Crippen LogP contribution in [0, 0.1) is 0 Å². The van der Waals surface area contributed by atoms with Crippen molar-refractivity contribution < 1.29 is 18.0 Å². The summed E-state index contributed by atoms with van der Waals surface area (Å²) in [6, 6.07) is 4.39. The van der Waals surface area contributed by atoms with Gasteiger partial charge in [-0.05, 0) is 51.4 Å². The zero-order valence-corrected chi connectivity index (χ0v) is 15.7. The molecule has 0 aromatic heterocycles. The molecule has 2 aliphatic heterocycles. The zero-order valence-electron chi connectivity index (χ0n) is 14.1. The standard InChI is InChI=1S/C16H21N3O4S.ClH/c1-3-19-16(21)12-7-6-11(9-14(12)24(19,22)23)15(20)18-13-5-4-8-17-10(13)2;/h6-7,9-10,13,17H,3-5,8H2,1-2H3,(H,18,20);1H. The predicted octanol–water partition coefficient (Wildman–Crippen LogP) is 1.14. The van der Waals surface area contributed by atoms with E-state index in [1.165, 1.54) is 18.2 Å². The first-order valence-electron chi connectivity index (χ1n) is 8.11. The van der Waals surface area contributed by atoms with E-state index in [-0.39, 0.29) is 53.0 Å². The molecular formula is C16H22ClN3O4S. The predicted molar refractivity (Wildman–Crippen MR) is 95.5 cm³/mol. The summed E-state index contributed by atoms with van der Waals surface area (Å²) in [5.74, 6) is -0.861. The lowest BCUT2D eigenvalue weighted by molar-refractivity contribution is 0.0873. The van der Waals surface area contributed by atoms with Gasteiger partial charge in [0.15, 0.2) is 0 Å². The fraction of sp³-hybridized carbons (Fsp3) is 0.500. The third-order valence-electron chi connectivity index (χ3n) is 4.63. The van der Waals surface area contributed by atoms with Crippen LogP contribution in [0.5, 0.6) is 0 Å². The minimum Gasteiger partial charge on any atom is -0.348 e. The molecule has 0 bridgehead atoms. The van der Waals surface area contributed by atoms with Crippen LogP contribution >= 0.6 is 12.4 Å². The van der Waals surface area contributed by atoms with Crippen molar-refractivity contribution in [3.05, 3.63) is 29.3 Å². The maximum Gasteiger partial charge on any atom is 0.268 e. The summed E-state index contributed by atoms with van der Waals surface area (Å²) in [6.45, 7) is 4.61. The van der Waals surface area contributed by atoms with Crippen LogP contribution in [-0.2, 0) is 10.0 Å². The van der Waals surface area contributed by atoms with Gasteiger partial charge in [-0.1, -0.05) is 0 Å². The van der Waals surface area contributed by atoms with Gasteiger partial charge >= 0.3 is 0 Å². The van der Waals surface area contributed by atoms with Crippen LogP contribution in [0.1, 0.15) is 47.4 Å². The molecule has 7 nitrogen and oxygen atoms in total. The van der Waals surface area contributed by atoms with Crippen LogP contribution in [0.2, 0.25) is 0 Å². The molecule has 2 N–H and O–H groups in total. The van der Waals surface area contributed by atoms with E-state index in [1.807, 2.05) is 6.92 Å². The smallest absolute Gasteiger partial charge is 0.268 e. The van der Waals surface area contributed by atoms with Crippen molar-refractivity contribution in [2.75, 3.05) is 13.1 Å². The summed E-state index contributed by atoms with van der Waals surface area (Å²) in [6.07, 6.45) is 1.86. The Morgan fingerprint density at radius 1 is 1.40 bits per heavy atom. The number of hydrogen-bond acceptors (Lipinski definition) is 5. The number of rotatable bonds is 3. The van der Waals surface area contributed by atoms with Gasteiger partial charge in [0.25, 0.3) is 21.8 Å². The summed E-state index contributed by atoms with van der Waals surface area (Å²) in [5, 5.41) is 6.25. The highest BCUT2D eigenvalue weighted by molar-refractivity contribution is 7.90. The number of carbonyl (C=O) groups excluding carboxylic acids is 2. The van der Waals surface area contributed by atoms with Crippen LogP contribution in [0.15, 0.2) is 23.1 Å². The maximum absolute atomic E-state index is 12.5. The van der Waals surface area contributed by atoms with Gasteiger partial charge in [0.2, 0.25) is 0 Å². The lowest BCUT2D eigenvalue weighted by atomic mass is 9.99. The minimum absolute atomic E-state index is 0. The van der Waals surface area contributed by atoms with Crippen molar-refractivity contribution in [3.8, 4) is 0 Å². The average Bonchev–Trinajstić information content (AvgIpc) is 2.75. The molecule has 2 atom stereocenters. The summed E-state index contributed by atoms with van der Waals surface area (Å²) >= 11 is 0. The molecule has 2 unspecified atom stereocenters. The second kappa shape index (κ2) is 7.31. The Kier molecular flexibility index (Phi) is 5.75. The first-order chi connectivity index (χ1) is 11.4. The molecule has 1 aromatic carbocycles. The number of halogens is 1. The van der Waals surface area contributed by atoms with Gasteiger partial charge in [0.1, 0.15) is 4.90 Å². The molecular weight excluding hydrogens is 366 g/mol. The van der Waals surface area contributed by atoms with Crippen molar-refractivity contribution in [2.45, 2.75) is 43.7 Å². The molecule has 138 valence electrons. The maximum atomic E-state index is 12.5. The molecule has 0 saturated carbocycles. The molecule has 0 radical (unpaired) electrons. The second-order valence-corrected chi connectivity index (χ2v) is 7.98. The Labute approximate surface area is 153 Å². The number of benzene rings is 1. The third-order valence-corrected chi connectivity index (χ3v) is 6.53. The highest BCUT2D eigenvalue weighted by atomic mass is 35.5. The number of sulfonamides is 1. The Morgan fingerprint density at radius 2 is 2.12 bits per heavy atom. The minimum atomic E-state index is -3.85. The van der Waals surface area contributed by atoms with Crippen molar-refractivity contribution in [3.63, 3.8) is 0 Å². The fourth-order valence-electron chi connectivity index (χ4n) is 3.22. The molecule has 3 rings (SSSR count). The fourth-order valence-corrected chi connectivity index (χ4v) is 4.83. The van der Waals surface area contributed by atoms with E-state index in [0.717, 1.165) is 23.7 Å². The van der Waals surface area contributed by atoms with Gasteiger partial charge < -0.3 is 10.6 Å². The van der Waals surface area contributed by atoms with E-state index in [4.69, 9.17) is 0 Å². The lowest BCUT2D eigenvalue weighted by Gasteiger charge is -2.30. The van der Waals surface area contributed by atoms with Gasteiger partial charge in [-0.3, -0.25) is 9.59 Å². The number of fused-ring (bicyclic) bond motifs is 1. The molecule has 25 heavy (non-hydrogen) atoms. The van der Waals surface area contributed by atoms with Gasteiger partial charge in [-0.25, -0.2) is 12.7 Å². The third kappa shape index (κ3) is 3.38. The van der Waals surface area contributed by atoms with Gasteiger partial charge in [0, 0.05) is 24.2 Å². The number of carbonyl (C=O) groups is 2. The van der Waals surface area contributed by atoms with Crippen LogP contribution in [0.3, 0.4) is 0 Å². The van der Waals surface area contributed by atoms with Crippen molar-refractivity contribution in [1.29, 1.82) is 0 Å². The monoisotopic (exact) mass is 387 g/mol. The molecule has 1 fully saturated rings. The summed E-state index contributed by atoms with van der Waals surface area (Å²) in [5.41, 5.74) is 0.377. The van der Waals surface area contributed by atoms with Gasteiger partial charge in [-0.15, -0.1) is 12.4 Å². The summed E-state index contributed by atoms with van der Waals surface area (Å²) < 4.78 is 25.6. The Hall–Kier alpha value is -1.64. The molecule has 1 saturated heterocycles. The molecule has 9 heteroatoms.